The number of nitrogens with zero attached hydrogens (tertiary/aromatic N) is 1. The van der Waals surface area contributed by atoms with E-state index in [0.717, 1.165) is 0 Å². The average Bonchev–Trinajstić information content (AvgIpc) is 2.25. The fourth-order valence-corrected chi connectivity index (χ4v) is 2.60. The summed E-state index contributed by atoms with van der Waals surface area (Å²) in [5, 5.41) is 17.2. The quantitative estimate of drug-likeness (QED) is 0.626. The van der Waals surface area contributed by atoms with Gasteiger partial charge in [0.1, 0.15) is 6.04 Å². The number of aliphatic carboxylic acids is 1. The first-order valence-electron chi connectivity index (χ1n) is 5.43. The van der Waals surface area contributed by atoms with Crippen LogP contribution in [-0.4, -0.2) is 31.3 Å². The minimum Gasteiger partial charge on any atom is -0.480 e. The van der Waals surface area contributed by atoms with Crippen molar-refractivity contribution in [3.05, 3.63) is 0 Å². The van der Waals surface area contributed by atoms with Gasteiger partial charge < -0.3 is 5.11 Å². The molecule has 0 aromatic carbocycles. The van der Waals surface area contributed by atoms with Crippen LogP contribution in [0.2, 0.25) is 0 Å². The molecule has 98 valence electrons. The molecular weight excluding hydrogens is 244 g/mol. The Kier molecular flexibility index (Phi) is 6.76. The van der Waals surface area contributed by atoms with E-state index in [0.29, 0.717) is 6.42 Å². The zero-order valence-corrected chi connectivity index (χ0v) is 10.8. The van der Waals surface area contributed by atoms with Gasteiger partial charge >= 0.3 is 5.97 Å². The van der Waals surface area contributed by atoms with Crippen molar-refractivity contribution >= 4 is 16.0 Å². The molecule has 0 heterocycles. The summed E-state index contributed by atoms with van der Waals surface area (Å²) >= 11 is 0. The van der Waals surface area contributed by atoms with Crippen molar-refractivity contribution in [1.82, 2.24) is 4.72 Å². The second kappa shape index (κ2) is 7.25. The molecule has 0 unspecified atom stereocenters. The first-order chi connectivity index (χ1) is 7.84. The van der Waals surface area contributed by atoms with Gasteiger partial charge in [0.25, 0.3) is 0 Å². The third-order valence-electron chi connectivity index (χ3n) is 2.49. The maximum atomic E-state index is 11.6. The summed E-state index contributed by atoms with van der Waals surface area (Å²) in [5.74, 6) is -1.68. The van der Waals surface area contributed by atoms with E-state index in [1.807, 2.05) is 6.07 Å². The molecule has 0 saturated carbocycles. The number of unbranched alkanes of at least 4 members (excludes halogenated alkanes) is 1. The lowest BCUT2D eigenvalue weighted by Gasteiger charge is -2.19. The summed E-state index contributed by atoms with van der Waals surface area (Å²) in [5.41, 5.74) is 0. The second-order valence-electron chi connectivity index (χ2n) is 3.90. The minimum atomic E-state index is -3.64. The van der Waals surface area contributed by atoms with E-state index in [1.165, 1.54) is 0 Å². The van der Waals surface area contributed by atoms with E-state index < -0.39 is 22.0 Å². The highest BCUT2D eigenvalue weighted by Gasteiger charge is 2.27. The lowest BCUT2D eigenvalue weighted by atomic mass is 10.0. The summed E-state index contributed by atoms with van der Waals surface area (Å²) in [4.78, 5) is 10.9. The van der Waals surface area contributed by atoms with Crippen molar-refractivity contribution in [3.8, 4) is 6.07 Å². The number of nitrogens with one attached hydrogen (secondary N) is 1. The van der Waals surface area contributed by atoms with Crippen LogP contribution in [0.25, 0.3) is 0 Å². The van der Waals surface area contributed by atoms with E-state index in [4.69, 9.17) is 10.4 Å². The van der Waals surface area contributed by atoms with Crippen LogP contribution in [0.15, 0.2) is 0 Å². The number of carboxylic acids is 1. The van der Waals surface area contributed by atoms with Gasteiger partial charge in [0.15, 0.2) is 0 Å². The zero-order valence-electron chi connectivity index (χ0n) is 10.0. The summed E-state index contributed by atoms with van der Waals surface area (Å²) in [6.45, 7) is 3.47. The van der Waals surface area contributed by atoms with Crippen molar-refractivity contribution in [2.45, 2.75) is 39.2 Å². The highest BCUT2D eigenvalue weighted by Crippen LogP contribution is 2.09. The Bertz CT molecular complexity index is 386. The van der Waals surface area contributed by atoms with Crippen LogP contribution in [0.3, 0.4) is 0 Å². The molecule has 0 aromatic rings. The average molecular weight is 262 g/mol. The predicted octanol–water partition coefficient (Wildman–Crippen LogP) is 0.709. The van der Waals surface area contributed by atoms with Crippen LogP contribution in [0, 0.1) is 17.2 Å². The maximum absolute atomic E-state index is 11.6. The van der Waals surface area contributed by atoms with Crippen molar-refractivity contribution < 1.29 is 18.3 Å². The molecular formula is C10H18N2O4S. The van der Waals surface area contributed by atoms with Crippen molar-refractivity contribution in [2.75, 3.05) is 5.75 Å². The summed E-state index contributed by atoms with van der Waals surface area (Å²) in [6, 6.07) is 0.737. The highest BCUT2D eigenvalue weighted by atomic mass is 32.2. The van der Waals surface area contributed by atoms with Crippen molar-refractivity contribution in [1.29, 1.82) is 5.26 Å². The fourth-order valence-electron chi connectivity index (χ4n) is 1.24. The Morgan fingerprint density at radius 3 is 2.53 bits per heavy atom. The van der Waals surface area contributed by atoms with Crippen LogP contribution < -0.4 is 4.72 Å². The van der Waals surface area contributed by atoms with Gasteiger partial charge in [-0.15, -0.1) is 0 Å². The standard InChI is InChI=1S/C10H18N2O4S/c1-3-8(2)9(10(13)14)12-17(15,16)7-5-4-6-11/h8-9,12H,3-5,7H2,1-2H3,(H,13,14)/t8-,9-/m0/s1. The van der Waals surface area contributed by atoms with Crippen LogP contribution in [0.5, 0.6) is 0 Å². The van der Waals surface area contributed by atoms with Gasteiger partial charge in [-0.2, -0.15) is 5.26 Å². The van der Waals surface area contributed by atoms with Crippen LogP contribution in [0.1, 0.15) is 33.1 Å². The molecule has 0 amide bonds. The minimum absolute atomic E-state index is 0.141. The molecule has 0 saturated heterocycles. The topological polar surface area (TPSA) is 107 Å². The molecule has 0 bridgehead atoms. The summed E-state index contributed by atoms with van der Waals surface area (Å²) in [7, 11) is -3.64. The number of rotatable bonds is 8. The van der Waals surface area contributed by atoms with E-state index in [1.54, 1.807) is 13.8 Å². The van der Waals surface area contributed by atoms with Gasteiger partial charge in [0, 0.05) is 6.42 Å². The van der Waals surface area contributed by atoms with Crippen LogP contribution in [0.4, 0.5) is 0 Å². The van der Waals surface area contributed by atoms with Gasteiger partial charge in [-0.05, 0) is 12.3 Å². The first kappa shape index (κ1) is 15.9. The second-order valence-corrected chi connectivity index (χ2v) is 5.77. The predicted molar refractivity (Wildman–Crippen MR) is 62.6 cm³/mol. The molecule has 0 spiro atoms. The Labute approximate surface area is 102 Å². The number of nitriles is 1. The van der Waals surface area contributed by atoms with Crippen molar-refractivity contribution in [2.24, 2.45) is 5.92 Å². The number of hydrogen-bond acceptors (Lipinski definition) is 4. The normalized spacial score (nSPS) is 14.9. The monoisotopic (exact) mass is 262 g/mol. The molecule has 6 nitrogen and oxygen atoms in total. The lowest BCUT2D eigenvalue weighted by molar-refractivity contribution is -0.140. The Morgan fingerprint density at radius 1 is 1.53 bits per heavy atom. The summed E-state index contributed by atoms with van der Waals surface area (Å²) in [6.07, 6.45) is 0.915. The molecule has 0 fully saturated rings. The van der Waals surface area contributed by atoms with E-state index in [-0.39, 0.29) is 24.5 Å². The molecule has 0 aliphatic carbocycles. The van der Waals surface area contributed by atoms with Gasteiger partial charge in [-0.25, -0.2) is 13.1 Å². The van der Waals surface area contributed by atoms with E-state index in [2.05, 4.69) is 4.72 Å². The maximum Gasteiger partial charge on any atom is 0.322 e. The fraction of sp³-hybridized carbons (Fsp3) is 0.800. The highest BCUT2D eigenvalue weighted by molar-refractivity contribution is 7.89. The SMILES string of the molecule is CC[C@H](C)[C@H](NS(=O)(=O)CCCC#N)C(=O)O. The molecule has 2 atom stereocenters. The number of carbonyl (C=O) groups is 1. The molecule has 0 rings (SSSR count). The molecule has 7 heteroatoms. The number of sulfonamides is 1. The number of hydrogen-bond donors (Lipinski definition) is 2. The molecule has 17 heavy (non-hydrogen) atoms. The third-order valence-corrected chi connectivity index (χ3v) is 3.93. The number of carboxylic acid groups (broad SMARTS) is 1. The van der Waals surface area contributed by atoms with Crippen molar-refractivity contribution in [3.63, 3.8) is 0 Å². The zero-order chi connectivity index (χ0) is 13.5. The van der Waals surface area contributed by atoms with Crippen LogP contribution >= 0.6 is 0 Å². The summed E-state index contributed by atoms with van der Waals surface area (Å²) < 4.78 is 25.3. The Balaban J connectivity index is 4.54. The third kappa shape index (κ3) is 6.24. The van der Waals surface area contributed by atoms with E-state index in [9.17, 15) is 13.2 Å². The molecule has 0 aliphatic rings. The van der Waals surface area contributed by atoms with Gasteiger partial charge in [0.05, 0.1) is 11.8 Å². The smallest absolute Gasteiger partial charge is 0.322 e. The first-order valence-corrected chi connectivity index (χ1v) is 7.09. The van der Waals surface area contributed by atoms with Gasteiger partial charge in [-0.1, -0.05) is 20.3 Å². The van der Waals surface area contributed by atoms with Gasteiger partial charge in [0.2, 0.25) is 10.0 Å². The molecule has 0 radical (unpaired) electrons. The lowest BCUT2D eigenvalue weighted by Crippen LogP contribution is -2.45. The Hall–Kier alpha value is -1.13. The largest absolute Gasteiger partial charge is 0.480 e. The van der Waals surface area contributed by atoms with Crippen LogP contribution in [-0.2, 0) is 14.8 Å². The molecule has 0 aromatic heterocycles. The van der Waals surface area contributed by atoms with E-state index >= 15 is 0 Å². The van der Waals surface area contributed by atoms with Gasteiger partial charge in [-0.3, -0.25) is 4.79 Å². The molecule has 2 N–H and O–H groups in total. The Morgan fingerprint density at radius 2 is 2.12 bits per heavy atom. The molecule has 0 aliphatic heterocycles.